The minimum atomic E-state index is -0.405. The second-order valence-corrected chi connectivity index (χ2v) is 7.53. The lowest BCUT2D eigenvalue weighted by Crippen LogP contribution is -2.40. The lowest BCUT2D eigenvalue weighted by molar-refractivity contribution is -0.121. The van der Waals surface area contributed by atoms with Gasteiger partial charge in [-0.15, -0.1) is 0 Å². The number of carbonyl (C=O) groups is 2. The minimum Gasteiger partial charge on any atom is -0.465 e. The summed E-state index contributed by atoms with van der Waals surface area (Å²) in [5.74, 6) is -0.524. The molecule has 3 rings (SSSR count). The van der Waals surface area contributed by atoms with E-state index in [-0.39, 0.29) is 11.8 Å². The molecule has 2 aromatic carbocycles. The molecule has 1 atom stereocenters. The Bertz CT molecular complexity index is 869. The Morgan fingerprint density at radius 3 is 2.75 bits per heavy atom. The van der Waals surface area contributed by atoms with Crippen LogP contribution in [0.25, 0.3) is 0 Å². The Labute approximate surface area is 170 Å². The summed E-state index contributed by atoms with van der Waals surface area (Å²) in [6.07, 6.45) is 1.81. The van der Waals surface area contributed by atoms with Crippen molar-refractivity contribution in [2.75, 3.05) is 25.5 Å². The van der Waals surface area contributed by atoms with Gasteiger partial charge in [0.05, 0.1) is 18.6 Å². The fourth-order valence-electron chi connectivity index (χ4n) is 3.62. The van der Waals surface area contributed by atoms with Crippen LogP contribution in [0.4, 0.5) is 5.69 Å². The second-order valence-electron chi connectivity index (χ2n) is 7.12. The molecule has 0 aromatic heterocycles. The lowest BCUT2D eigenvalue weighted by Gasteiger charge is -2.32. The highest BCUT2D eigenvalue weighted by molar-refractivity contribution is 6.31. The Hall–Kier alpha value is -2.37. The van der Waals surface area contributed by atoms with Crippen molar-refractivity contribution in [2.45, 2.75) is 26.3 Å². The zero-order chi connectivity index (χ0) is 20.1. The molecule has 0 saturated carbocycles. The summed E-state index contributed by atoms with van der Waals surface area (Å²) in [5.41, 5.74) is 2.90. The number of nitrogens with one attached hydrogen (secondary N) is 1. The molecule has 1 amide bonds. The molecule has 0 bridgehead atoms. The molecule has 1 aliphatic rings. The topological polar surface area (TPSA) is 58.6 Å². The first kappa shape index (κ1) is 20.4. The number of hydrogen-bond acceptors (Lipinski definition) is 4. The number of rotatable bonds is 5. The Morgan fingerprint density at radius 1 is 1.21 bits per heavy atom. The van der Waals surface area contributed by atoms with Crippen LogP contribution in [0.3, 0.4) is 0 Å². The van der Waals surface area contributed by atoms with Crippen LogP contribution >= 0.6 is 11.6 Å². The molecule has 28 heavy (non-hydrogen) atoms. The van der Waals surface area contributed by atoms with E-state index in [1.807, 2.05) is 37.3 Å². The Morgan fingerprint density at radius 2 is 2.00 bits per heavy atom. The van der Waals surface area contributed by atoms with Gasteiger partial charge in [-0.1, -0.05) is 35.9 Å². The number of esters is 1. The molecule has 1 unspecified atom stereocenters. The predicted molar refractivity (Wildman–Crippen MR) is 111 cm³/mol. The number of likely N-dealkylation sites (tertiary alicyclic amines) is 1. The molecule has 148 valence electrons. The van der Waals surface area contributed by atoms with Crippen LogP contribution in [-0.2, 0) is 16.1 Å². The first-order valence-corrected chi connectivity index (χ1v) is 9.82. The second kappa shape index (κ2) is 9.22. The Kier molecular flexibility index (Phi) is 6.70. The Balaban J connectivity index is 1.66. The molecule has 1 saturated heterocycles. The third-order valence-electron chi connectivity index (χ3n) is 5.23. The average molecular weight is 401 g/mol. The maximum Gasteiger partial charge on any atom is 0.338 e. The van der Waals surface area contributed by atoms with Crippen LogP contribution in [0, 0.1) is 12.8 Å². The third-order valence-corrected chi connectivity index (χ3v) is 5.59. The van der Waals surface area contributed by atoms with Crippen LogP contribution in [-0.4, -0.2) is 37.0 Å². The van der Waals surface area contributed by atoms with Gasteiger partial charge in [-0.25, -0.2) is 4.79 Å². The average Bonchev–Trinajstić information content (AvgIpc) is 2.71. The summed E-state index contributed by atoms with van der Waals surface area (Å²) in [7, 11) is 1.35. The number of anilines is 1. The highest BCUT2D eigenvalue weighted by atomic mass is 35.5. The number of hydrogen-bond donors (Lipinski definition) is 1. The van der Waals surface area contributed by atoms with Gasteiger partial charge in [0.15, 0.2) is 0 Å². The summed E-state index contributed by atoms with van der Waals surface area (Å²) >= 11 is 6.28. The van der Waals surface area contributed by atoms with Crippen molar-refractivity contribution in [1.82, 2.24) is 4.90 Å². The summed E-state index contributed by atoms with van der Waals surface area (Å²) < 4.78 is 4.80. The van der Waals surface area contributed by atoms with Gasteiger partial charge in [0.1, 0.15) is 0 Å². The van der Waals surface area contributed by atoms with Crippen molar-refractivity contribution in [2.24, 2.45) is 5.92 Å². The highest BCUT2D eigenvalue weighted by Gasteiger charge is 2.26. The summed E-state index contributed by atoms with van der Waals surface area (Å²) in [5, 5.41) is 3.75. The SMILES string of the molecule is COC(=O)c1cccc(NC(=O)C2CCCN(Cc3ccccc3Cl)C2)c1C. The van der Waals surface area contributed by atoms with E-state index in [4.69, 9.17) is 16.3 Å². The van der Waals surface area contributed by atoms with Gasteiger partial charge in [0.25, 0.3) is 0 Å². The van der Waals surface area contributed by atoms with Crippen molar-refractivity contribution in [3.05, 3.63) is 64.2 Å². The molecule has 1 heterocycles. The first-order chi connectivity index (χ1) is 13.5. The number of carbonyl (C=O) groups excluding carboxylic acids is 2. The van der Waals surface area contributed by atoms with Gasteiger partial charge in [0.2, 0.25) is 5.91 Å². The number of nitrogens with zero attached hydrogens (tertiary/aromatic N) is 1. The standard InChI is InChI=1S/C22H25ClN2O3/c1-15-18(22(27)28-2)9-5-11-20(15)24-21(26)17-8-6-12-25(14-17)13-16-7-3-4-10-19(16)23/h3-5,7,9-11,17H,6,8,12-14H2,1-2H3,(H,24,26). The van der Waals surface area contributed by atoms with Crippen molar-refractivity contribution in [3.8, 4) is 0 Å². The van der Waals surface area contributed by atoms with Crippen LogP contribution in [0.5, 0.6) is 0 Å². The van der Waals surface area contributed by atoms with Crippen LogP contribution in [0.15, 0.2) is 42.5 Å². The normalized spacial score (nSPS) is 17.2. The number of methoxy groups -OCH3 is 1. The van der Waals surface area contributed by atoms with Gasteiger partial charge in [-0.3, -0.25) is 9.69 Å². The van der Waals surface area contributed by atoms with Crippen LogP contribution in [0.2, 0.25) is 5.02 Å². The van der Waals surface area contributed by atoms with Crippen molar-refractivity contribution < 1.29 is 14.3 Å². The third kappa shape index (κ3) is 4.72. The molecular formula is C22H25ClN2O3. The number of benzene rings is 2. The smallest absolute Gasteiger partial charge is 0.338 e. The van der Waals surface area contributed by atoms with Crippen molar-refractivity contribution in [1.29, 1.82) is 0 Å². The van der Waals surface area contributed by atoms with Crippen molar-refractivity contribution in [3.63, 3.8) is 0 Å². The van der Waals surface area contributed by atoms with E-state index in [9.17, 15) is 9.59 Å². The van der Waals surface area contributed by atoms with E-state index in [0.29, 0.717) is 23.4 Å². The molecule has 0 spiro atoms. The molecule has 0 aliphatic carbocycles. The fourth-order valence-corrected chi connectivity index (χ4v) is 3.81. The van der Waals surface area contributed by atoms with Gasteiger partial charge in [-0.05, 0) is 55.6 Å². The zero-order valence-corrected chi connectivity index (χ0v) is 17.0. The largest absolute Gasteiger partial charge is 0.465 e. The minimum absolute atomic E-state index is 0.0195. The molecule has 2 aromatic rings. The zero-order valence-electron chi connectivity index (χ0n) is 16.2. The van der Waals surface area contributed by atoms with E-state index < -0.39 is 5.97 Å². The predicted octanol–water partition coefficient (Wildman–Crippen LogP) is 4.29. The molecule has 1 N–H and O–H groups in total. The number of amides is 1. The maximum absolute atomic E-state index is 12.9. The van der Waals surface area contributed by atoms with Gasteiger partial charge in [-0.2, -0.15) is 0 Å². The van der Waals surface area contributed by atoms with Crippen LogP contribution in [0.1, 0.15) is 34.3 Å². The summed E-state index contributed by atoms with van der Waals surface area (Å²) in [6, 6.07) is 13.1. The number of halogens is 1. The molecule has 6 heteroatoms. The highest BCUT2D eigenvalue weighted by Crippen LogP contribution is 2.25. The lowest BCUT2D eigenvalue weighted by atomic mass is 9.96. The molecule has 5 nitrogen and oxygen atoms in total. The van der Waals surface area contributed by atoms with Crippen LogP contribution < -0.4 is 5.32 Å². The molecule has 0 radical (unpaired) electrons. The van der Waals surface area contributed by atoms with Crippen molar-refractivity contribution >= 4 is 29.2 Å². The van der Waals surface area contributed by atoms with E-state index in [1.165, 1.54) is 7.11 Å². The van der Waals surface area contributed by atoms with E-state index in [1.54, 1.807) is 12.1 Å². The fraction of sp³-hybridized carbons (Fsp3) is 0.364. The quantitative estimate of drug-likeness (QED) is 0.761. The van der Waals surface area contributed by atoms with Gasteiger partial charge in [0, 0.05) is 23.8 Å². The van der Waals surface area contributed by atoms with E-state index >= 15 is 0 Å². The molecule has 1 fully saturated rings. The molecule has 1 aliphatic heterocycles. The van der Waals surface area contributed by atoms with E-state index in [2.05, 4.69) is 10.2 Å². The van der Waals surface area contributed by atoms with Gasteiger partial charge >= 0.3 is 5.97 Å². The summed E-state index contributed by atoms with van der Waals surface area (Å²) in [4.78, 5) is 27.0. The summed E-state index contributed by atoms with van der Waals surface area (Å²) in [6.45, 7) is 4.19. The molecular weight excluding hydrogens is 376 g/mol. The number of piperidine rings is 1. The van der Waals surface area contributed by atoms with Gasteiger partial charge < -0.3 is 10.1 Å². The maximum atomic E-state index is 12.9. The monoisotopic (exact) mass is 400 g/mol. The number of ether oxygens (including phenoxy) is 1. The van der Waals surface area contributed by atoms with E-state index in [0.717, 1.165) is 36.5 Å². The first-order valence-electron chi connectivity index (χ1n) is 9.44.